The lowest BCUT2D eigenvalue weighted by atomic mass is 10.0. The highest BCUT2D eigenvalue weighted by molar-refractivity contribution is 6.05. The number of hydrogen-bond acceptors (Lipinski definition) is 7. The van der Waals surface area contributed by atoms with Gasteiger partial charge >= 0.3 is 0 Å². The van der Waals surface area contributed by atoms with Gasteiger partial charge in [0.1, 0.15) is 12.1 Å². The highest BCUT2D eigenvalue weighted by Gasteiger charge is 2.46. The molecule has 12 heteroatoms. The van der Waals surface area contributed by atoms with Crippen LogP contribution in [0.4, 0.5) is 0 Å². The summed E-state index contributed by atoms with van der Waals surface area (Å²) < 4.78 is 1.46. The van der Waals surface area contributed by atoms with Gasteiger partial charge in [0, 0.05) is 38.2 Å². The first kappa shape index (κ1) is 21.4. The van der Waals surface area contributed by atoms with Crippen LogP contribution in [-0.2, 0) is 20.9 Å². The molecule has 1 N–H and O–H groups in total. The van der Waals surface area contributed by atoms with Crippen LogP contribution in [0.15, 0.2) is 24.4 Å². The first-order valence-corrected chi connectivity index (χ1v) is 11.6. The van der Waals surface area contributed by atoms with Crippen LogP contribution < -0.4 is 5.32 Å². The SMILES string of the molecule is CN1C(=O)C2CC1CCN2C(=O)c1cn(-c2ccc3c(c2)CN(C2CCC(=O)NC2=O)C3=O)nn1. The molecular formula is C23H23N7O5. The number of amides is 5. The van der Waals surface area contributed by atoms with Crippen molar-refractivity contribution in [2.75, 3.05) is 13.6 Å². The number of piperidine rings is 2. The average molecular weight is 477 g/mol. The van der Waals surface area contributed by atoms with Crippen LogP contribution in [-0.4, -0.2) is 90.9 Å². The average Bonchev–Trinajstić information content (AvgIpc) is 3.52. The van der Waals surface area contributed by atoms with E-state index < -0.39 is 18.0 Å². The standard InChI is InChI=1S/C23H23N7O5/c1-27-13-6-7-28(18(9-13)23(27)35)22(34)16-11-30(26-25-16)14-2-3-15-12(8-14)10-29(21(15)33)17-4-5-19(31)24-20(17)32/h2-3,8,11,13,17-18H,4-7,9-10H2,1H3,(H,24,31,32). The molecule has 35 heavy (non-hydrogen) atoms. The number of imide groups is 1. The quantitative estimate of drug-likeness (QED) is 0.587. The second-order valence-corrected chi connectivity index (χ2v) is 9.43. The minimum absolute atomic E-state index is 0.0444. The molecule has 3 fully saturated rings. The molecule has 3 unspecified atom stereocenters. The van der Waals surface area contributed by atoms with Crippen molar-refractivity contribution in [2.45, 2.75) is 50.4 Å². The van der Waals surface area contributed by atoms with Gasteiger partial charge < -0.3 is 14.7 Å². The van der Waals surface area contributed by atoms with E-state index in [1.807, 2.05) is 0 Å². The fourth-order valence-electron chi connectivity index (χ4n) is 5.53. The molecular weight excluding hydrogens is 454 g/mol. The first-order valence-electron chi connectivity index (χ1n) is 11.6. The van der Waals surface area contributed by atoms with E-state index in [0.717, 1.165) is 12.0 Å². The highest BCUT2D eigenvalue weighted by Crippen LogP contribution is 2.31. The van der Waals surface area contributed by atoms with E-state index >= 15 is 0 Å². The predicted octanol–water partition coefficient (Wildman–Crippen LogP) is -0.526. The highest BCUT2D eigenvalue weighted by atomic mass is 16.2. The van der Waals surface area contributed by atoms with Crippen LogP contribution in [0.25, 0.3) is 5.69 Å². The van der Waals surface area contributed by atoms with Gasteiger partial charge in [0.05, 0.1) is 11.9 Å². The van der Waals surface area contributed by atoms with E-state index in [4.69, 9.17) is 0 Å². The normalized spacial score (nSPS) is 25.9. The summed E-state index contributed by atoms with van der Waals surface area (Å²) in [7, 11) is 1.77. The maximum absolute atomic E-state index is 13.1. The van der Waals surface area contributed by atoms with Crippen LogP contribution >= 0.6 is 0 Å². The number of likely N-dealkylation sites (tertiary alicyclic amines) is 2. The van der Waals surface area contributed by atoms with Gasteiger partial charge in [-0.25, -0.2) is 4.68 Å². The monoisotopic (exact) mass is 477 g/mol. The van der Waals surface area contributed by atoms with Crippen molar-refractivity contribution >= 4 is 29.5 Å². The fourth-order valence-corrected chi connectivity index (χ4v) is 5.53. The second kappa shape index (κ2) is 7.72. The van der Waals surface area contributed by atoms with Crippen molar-refractivity contribution < 1.29 is 24.0 Å². The minimum atomic E-state index is -0.687. The van der Waals surface area contributed by atoms with E-state index in [1.54, 1.807) is 35.0 Å². The van der Waals surface area contributed by atoms with Gasteiger partial charge in [-0.2, -0.15) is 0 Å². The Labute approximate surface area is 199 Å². The maximum Gasteiger partial charge on any atom is 0.276 e. The molecule has 3 atom stereocenters. The molecule has 0 spiro atoms. The Morgan fingerprint density at radius 3 is 2.74 bits per heavy atom. The summed E-state index contributed by atoms with van der Waals surface area (Å²) in [6, 6.07) is 4.19. The molecule has 12 nitrogen and oxygen atoms in total. The lowest BCUT2D eigenvalue weighted by Crippen LogP contribution is -2.52. The molecule has 5 amide bonds. The van der Waals surface area contributed by atoms with E-state index in [2.05, 4.69) is 15.6 Å². The molecule has 6 rings (SSSR count). The molecule has 4 aliphatic rings. The van der Waals surface area contributed by atoms with Crippen molar-refractivity contribution in [1.82, 2.24) is 35.0 Å². The molecule has 5 heterocycles. The zero-order valence-corrected chi connectivity index (χ0v) is 19.0. The molecule has 180 valence electrons. The number of nitrogens with zero attached hydrogens (tertiary/aromatic N) is 6. The number of nitrogens with one attached hydrogen (secondary N) is 1. The van der Waals surface area contributed by atoms with Crippen LogP contribution in [0.1, 0.15) is 52.1 Å². The summed E-state index contributed by atoms with van der Waals surface area (Å²) in [6.07, 6.45) is 3.38. The van der Waals surface area contributed by atoms with E-state index in [9.17, 15) is 24.0 Å². The molecule has 3 saturated heterocycles. The van der Waals surface area contributed by atoms with Gasteiger partial charge in [-0.15, -0.1) is 5.10 Å². The predicted molar refractivity (Wildman–Crippen MR) is 118 cm³/mol. The lowest BCUT2D eigenvalue weighted by Gasteiger charge is -2.30. The Bertz CT molecular complexity index is 1300. The molecule has 1 aromatic carbocycles. The molecule has 0 radical (unpaired) electrons. The summed E-state index contributed by atoms with van der Waals surface area (Å²) in [5.74, 6) is -1.42. The number of hydrogen-bond donors (Lipinski definition) is 1. The van der Waals surface area contributed by atoms with Crippen molar-refractivity contribution in [3.8, 4) is 5.69 Å². The lowest BCUT2D eigenvalue weighted by molar-refractivity contribution is -0.137. The topological polar surface area (TPSA) is 138 Å². The maximum atomic E-state index is 13.1. The third-order valence-electron chi connectivity index (χ3n) is 7.50. The number of carbonyl (C=O) groups excluding carboxylic acids is 5. The largest absolute Gasteiger partial charge is 0.341 e. The van der Waals surface area contributed by atoms with Crippen LogP contribution in [0.5, 0.6) is 0 Å². The zero-order valence-electron chi connectivity index (χ0n) is 19.0. The van der Waals surface area contributed by atoms with Crippen molar-refractivity contribution in [3.05, 3.63) is 41.2 Å². The number of rotatable bonds is 3. The molecule has 2 aromatic rings. The van der Waals surface area contributed by atoms with Gasteiger partial charge in [0.15, 0.2) is 5.69 Å². The van der Waals surface area contributed by atoms with Gasteiger partial charge in [0.25, 0.3) is 11.8 Å². The summed E-state index contributed by atoms with van der Waals surface area (Å²) in [5.41, 5.74) is 1.97. The first-order chi connectivity index (χ1) is 16.8. The van der Waals surface area contributed by atoms with E-state index in [1.165, 1.54) is 15.8 Å². The molecule has 1 aromatic heterocycles. The zero-order chi connectivity index (χ0) is 24.4. The Morgan fingerprint density at radius 2 is 1.94 bits per heavy atom. The van der Waals surface area contributed by atoms with Crippen molar-refractivity contribution in [2.24, 2.45) is 0 Å². The Hall–Kier alpha value is -4.09. The third-order valence-corrected chi connectivity index (χ3v) is 7.50. The Balaban J connectivity index is 1.21. The number of aromatic nitrogens is 3. The molecule has 2 bridgehead atoms. The number of carbonyl (C=O) groups is 5. The summed E-state index contributed by atoms with van der Waals surface area (Å²) in [6.45, 7) is 0.731. The number of fused-ring (bicyclic) bond motifs is 3. The van der Waals surface area contributed by atoms with Gasteiger partial charge in [-0.1, -0.05) is 5.21 Å². The fraction of sp³-hybridized carbons (Fsp3) is 0.435. The number of likely N-dealkylation sites (N-methyl/N-ethyl adjacent to an activating group) is 1. The Morgan fingerprint density at radius 1 is 1.11 bits per heavy atom. The minimum Gasteiger partial charge on any atom is -0.341 e. The van der Waals surface area contributed by atoms with E-state index in [-0.39, 0.29) is 48.3 Å². The molecule has 4 aliphatic heterocycles. The summed E-state index contributed by atoms with van der Waals surface area (Å²) in [5, 5.41) is 10.4. The summed E-state index contributed by atoms with van der Waals surface area (Å²) in [4.78, 5) is 67.0. The van der Waals surface area contributed by atoms with Gasteiger partial charge in [-0.05, 0) is 43.0 Å². The number of benzene rings is 1. The van der Waals surface area contributed by atoms with Crippen molar-refractivity contribution in [1.29, 1.82) is 0 Å². The van der Waals surface area contributed by atoms with Crippen LogP contribution in [0.3, 0.4) is 0 Å². The summed E-state index contributed by atoms with van der Waals surface area (Å²) >= 11 is 0. The molecule has 0 saturated carbocycles. The van der Waals surface area contributed by atoms with E-state index in [0.29, 0.717) is 30.6 Å². The molecule has 0 aliphatic carbocycles. The van der Waals surface area contributed by atoms with Gasteiger partial charge in [-0.3, -0.25) is 29.3 Å². The third kappa shape index (κ3) is 3.31. The van der Waals surface area contributed by atoms with Crippen LogP contribution in [0, 0.1) is 0 Å². The van der Waals surface area contributed by atoms with Crippen LogP contribution in [0.2, 0.25) is 0 Å². The van der Waals surface area contributed by atoms with Gasteiger partial charge in [0.2, 0.25) is 17.7 Å². The second-order valence-electron chi connectivity index (χ2n) is 9.43. The van der Waals surface area contributed by atoms with Crippen molar-refractivity contribution in [3.63, 3.8) is 0 Å². The smallest absolute Gasteiger partial charge is 0.276 e. The Kier molecular flexibility index (Phi) is 4.73.